The van der Waals surface area contributed by atoms with Crippen LogP contribution in [0.3, 0.4) is 0 Å². The molecule has 0 N–H and O–H groups in total. The minimum Gasteiger partial charge on any atom is -0.497 e. The average molecular weight is 420 g/mol. The van der Waals surface area contributed by atoms with Crippen molar-refractivity contribution < 1.29 is 14.3 Å². The monoisotopic (exact) mass is 419 g/mol. The number of hydrogen-bond donors (Lipinski definition) is 0. The summed E-state index contributed by atoms with van der Waals surface area (Å²) < 4.78 is 11.0. The van der Waals surface area contributed by atoms with Crippen molar-refractivity contribution in [3.63, 3.8) is 0 Å². The van der Waals surface area contributed by atoms with Crippen molar-refractivity contribution in [1.82, 2.24) is 14.8 Å². The van der Waals surface area contributed by atoms with E-state index in [0.29, 0.717) is 6.61 Å². The molecule has 0 spiro atoms. The molecule has 1 amide bonds. The van der Waals surface area contributed by atoms with E-state index < -0.39 is 0 Å². The summed E-state index contributed by atoms with van der Waals surface area (Å²) in [6, 6.07) is 15.6. The molecule has 0 radical (unpaired) electrons. The van der Waals surface area contributed by atoms with E-state index in [1.165, 1.54) is 0 Å². The normalized spacial score (nSPS) is 14.6. The van der Waals surface area contributed by atoms with Gasteiger partial charge in [0.15, 0.2) is 0 Å². The summed E-state index contributed by atoms with van der Waals surface area (Å²) in [6.45, 7) is 8.57. The second kappa shape index (κ2) is 9.35. The van der Waals surface area contributed by atoms with Gasteiger partial charge in [0.25, 0.3) is 5.91 Å². The predicted octanol–water partition coefficient (Wildman–Crippen LogP) is 3.70. The second-order valence-electron chi connectivity index (χ2n) is 7.99. The Labute approximate surface area is 183 Å². The van der Waals surface area contributed by atoms with Crippen LogP contribution in [0.5, 0.6) is 11.5 Å². The van der Waals surface area contributed by atoms with E-state index in [1.54, 1.807) is 7.11 Å². The quantitative estimate of drug-likeness (QED) is 0.610. The Bertz CT molecular complexity index is 1060. The molecule has 1 aliphatic heterocycles. The van der Waals surface area contributed by atoms with Gasteiger partial charge in [0.2, 0.25) is 0 Å². The number of rotatable bonds is 6. The number of methoxy groups -OCH3 is 1. The van der Waals surface area contributed by atoms with Crippen molar-refractivity contribution in [3.8, 4) is 11.5 Å². The van der Waals surface area contributed by atoms with Crippen LogP contribution in [0.25, 0.3) is 10.9 Å². The lowest BCUT2D eigenvalue weighted by molar-refractivity contribution is 0.0622. The summed E-state index contributed by atoms with van der Waals surface area (Å²) >= 11 is 0. The van der Waals surface area contributed by atoms with Crippen LogP contribution < -0.4 is 9.47 Å². The maximum Gasteiger partial charge on any atom is 0.254 e. The third kappa shape index (κ3) is 4.97. The number of ether oxygens (including phenoxy) is 2. The van der Waals surface area contributed by atoms with Crippen molar-refractivity contribution in [1.29, 1.82) is 0 Å². The fourth-order valence-corrected chi connectivity index (χ4v) is 3.96. The summed E-state index contributed by atoms with van der Waals surface area (Å²) in [4.78, 5) is 22.2. The topological polar surface area (TPSA) is 54.9 Å². The summed E-state index contributed by atoms with van der Waals surface area (Å²) in [5.41, 5.74) is 3.63. The summed E-state index contributed by atoms with van der Waals surface area (Å²) in [6.07, 6.45) is 0. The van der Waals surface area contributed by atoms with Crippen molar-refractivity contribution in [2.45, 2.75) is 13.8 Å². The first-order valence-electron chi connectivity index (χ1n) is 10.7. The first-order chi connectivity index (χ1) is 15.0. The fraction of sp³-hybridized carbons (Fsp3) is 0.360. The molecular weight excluding hydrogens is 390 g/mol. The molecule has 2 heterocycles. The largest absolute Gasteiger partial charge is 0.497 e. The van der Waals surface area contributed by atoms with Gasteiger partial charge in [-0.25, -0.2) is 0 Å². The molecule has 4 rings (SSSR count). The Hall–Kier alpha value is -3.12. The zero-order valence-corrected chi connectivity index (χ0v) is 18.4. The van der Waals surface area contributed by atoms with Gasteiger partial charge < -0.3 is 14.4 Å². The number of aromatic nitrogens is 1. The Morgan fingerprint density at radius 3 is 2.39 bits per heavy atom. The van der Waals surface area contributed by atoms with Crippen LogP contribution in [0, 0.1) is 13.8 Å². The maximum absolute atomic E-state index is 13.3. The van der Waals surface area contributed by atoms with Crippen LogP contribution in [0.4, 0.5) is 0 Å². The predicted molar refractivity (Wildman–Crippen MR) is 122 cm³/mol. The Kier molecular flexibility index (Phi) is 6.37. The highest BCUT2D eigenvalue weighted by molar-refractivity contribution is 6.06. The van der Waals surface area contributed by atoms with Gasteiger partial charge in [-0.05, 0) is 56.3 Å². The molecule has 31 heavy (non-hydrogen) atoms. The van der Waals surface area contributed by atoms with Crippen LogP contribution in [-0.4, -0.2) is 67.1 Å². The number of nitrogens with zero attached hydrogens (tertiary/aromatic N) is 3. The van der Waals surface area contributed by atoms with E-state index in [1.807, 2.05) is 61.2 Å². The van der Waals surface area contributed by atoms with Crippen LogP contribution in [-0.2, 0) is 0 Å². The van der Waals surface area contributed by atoms with Gasteiger partial charge in [0, 0.05) is 43.8 Å². The minimum absolute atomic E-state index is 0.0928. The molecule has 1 aromatic heterocycles. The lowest BCUT2D eigenvalue weighted by Crippen LogP contribution is -2.49. The van der Waals surface area contributed by atoms with Crippen molar-refractivity contribution in [2.75, 3.05) is 46.4 Å². The number of piperazine rings is 1. The second-order valence-corrected chi connectivity index (χ2v) is 7.99. The van der Waals surface area contributed by atoms with Gasteiger partial charge in [-0.3, -0.25) is 14.7 Å². The number of benzene rings is 2. The summed E-state index contributed by atoms with van der Waals surface area (Å²) in [7, 11) is 1.65. The standard InChI is InChI=1S/C25H29N3O3/c1-18-4-9-24-22(16-18)23(17-19(2)26-24)25(29)28-12-10-27(11-13-28)14-15-31-21-7-5-20(30-3)6-8-21/h4-9,16-17H,10-15H2,1-3H3. The lowest BCUT2D eigenvalue weighted by atomic mass is 10.0. The molecule has 1 aliphatic rings. The van der Waals surface area contributed by atoms with Crippen LogP contribution >= 0.6 is 0 Å². The SMILES string of the molecule is COc1ccc(OCCN2CCN(C(=O)c3cc(C)nc4ccc(C)cc34)CC2)cc1. The maximum atomic E-state index is 13.3. The molecular formula is C25H29N3O3. The van der Waals surface area contributed by atoms with Crippen molar-refractivity contribution in [3.05, 3.63) is 65.4 Å². The molecule has 1 fully saturated rings. The van der Waals surface area contributed by atoms with Gasteiger partial charge in [0.1, 0.15) is 18.1 Å². The molecule has 2 aromatic carbocycles. The van der Waals surface area contributed by atoms with E-state index >= 15 is 0 Å². The zero-order chi connectivity index (χ0) is 21.8. The summed E-state index contributed by atoms with van der Waals surface area (Å²) in [5.74, 6) is 1.75. The van der Waals surface area contributed by atoms with Crippen molar-refractivity contribution >= 4 is 16.8 Å². The molecule has 6 heteroatoms. The van der Waals surface area contributed by atoms with E-state index in [2.05, 4.69) is 16.0 Å². The highest BCUT2D eigenvalue weighted by atomic mass is 16.5. The van der Waals surface area contributed by atoms with E-state index in [-0.39, 0.29) is 5.91 Å². The number of pyridine rings is 1. The Morgan fingerprint density at radius 1 is 0.968 bits per heavy atom. The number of carbonyl (C=O) groups excluding carboxylic acids is 1. The molecule has 3 aromatic rings. The third-order valence-electron chi connectivity index (χ3n) is 5.72. The van der Waals surface area contributed by atoms with Crippen LogP contribution in [0.1, 0.15) is 21.6 Å². The molecule has 0 atom stereocenters. The van der Waals surface area contributed by atoms with Gasteiger partial charge in [-0.2, -0.15) is 0 Å². The highest BCUT2D eigenvalue weighted by Gasteiger charge is 2.24. The van der Waals surface area contributed by atoms with Gasteiger partial charge >= 0.3 is 0 Å². The number of amides is 1. The third-order valence-corrected chi connectivity index (χ3v) is 5.72. The van der Waals surface area contributed by atoms with Crippen LogP contribution in [0.15, 0.2) is 48.5 Å². The van der Waals surface area contributed by atoms with Crippen LogP contribution in [0.2, 0.25) is 0 Å². The van der Waals surface area contributed by atoms with E-state index in [9.17, 15) is 4.79 Å². The smallest absolute Gasteiger partial charge is 0.254 e. The highest BCUT2D eigenvalue weighted by Crippen LogP contribution is 2.22. The Balaban J connectivity index is 1.33. The lowest BCUT2D eigenvalue weighted by Gasteiger charge is -2.34. The molecule has 0 saturated carbocycles. The summed E-state index contributed by atoms with van der Waals surface area (Å²) in [5, 5.41) is 0.936. The van der Waals surface area contributed by atoms with E-state index in [4.69, 9.17) is 9.47 Å². The molecule has 0 bridgehead atoms. The number of fused-ring (bicyclic) bond motifs is 1. The fourth-order valence-electron chi connectivity index (χ4n) is 3.96. The first-order valence-corrected chi connectivity index (χ1v) is 10.7. The van der Waals surface area contributed by atoms with Gasteiger partial charge in [-0.1, -0.05) is 11.6 Å². The minimum atomic E-state index is 0.0928. The zero-order valence-electron chi connectivity index (χ0n) is 18.4. The van der Waals surface area contributed by atoms with Gasteiger partial charge in [-0.15, -0.1) is 0 Å². The number of hydrogen-bond acceptors (Lipinski definition) is 5. The van der Waals surface area contributed by atoms with Gasteiger partial charge in [0.05, 0.1) is 18.2 Å². The van der Waals surface area contributed by atoms with E-state index in [0.717, 1.165) is 71.9 Å². The van der Waals surface area contributed by atoms with Crippen molar-refractivity contribution in [2.24, 2.45) is 0 Å². The average Bonchev–Trinajstić information content (AvgIpc) is 2.79. The Morgan fingerprint density at radius 2 is 1.68 bits per heavy atom. The first kappa shape index (κ1) is 21.1. The molecule has 1 saturated heterocycles. The molecule has 0 aliphatic carbocycles. The number of carbonyl (C=O) groups is 1. The molecule has 162 valence electrons. The number of aryl methyl sites for hydroxylation is 2. The molecule has 0 unspecified atom stereocenters. The molecule has 6 nitrogen and oxygen atoms in total.